The van der Waals surface area contributed by atoms with Crippen molar-refractivity contribution in [2.24, 2.45) is 11.8 Å². The number of aliphatic hydroxyl groups excluding tert-OH is 1. The molecule has 0 spiro atoms. The van der Waals surface area contributed by atoms with Crippen LogP contribution in [-0.2, 0) is 4.74 Å². The van der Waals surface area contributed by atoms with E-state index in [0.29, 0.717) is 11.8 Å². The summed E-state index contributed by atoms with van der Waals surface area (Å²) in [5.74, 6) is 0.884. The van der Waals surface area contributed by atoms with Gasteiger partial charge in [-0.1, -0.05) is 6.08 Å². The molecule has 2 unspecified atom stereocenters. The zero-order chi connectivity index (χ0) is 12.6. The number of amides is 1. The van der Waals surface area contributed by atoms with E-state index in [1.165, 1.54) is 0 Å². The number of likely N-dealkylation sites (tertiary alicyclic amines) is 1. The second kappa shape index (κ2) is 4.33. The van der Waals surface area contributed by atoms with E-state index in [-0.39, 0.29) is 12.7 Å². The zero-order valence-corrected chi connectivity index (χ0v) is 10.8. The topological polar surface area (TPSA) is 49.8 Å². The quantitative estimate of drug-likeness (QED) is 0.710. The van der Waals surface area contributed by atoms with E-state index in [2.05, 4.69) is 6.08 Å². The fraction of sp³-hybridized carbons (Fsp3) is 0.769. The minimum Gasteiger partial charge on any atom is -0.444 e. The highest BCUT2D eigenvalue weighted by molar-refractivity contribution is 5.68. The second-order valence-electron chi connectivity index (χ2n) is 6.00. The molecular weight excluding hydrogens is 218 g/mol. The Morgan fingerprint density at radius 2 is 2.24 bits per heavy atom. The van der Waals surface area contributed by atoms with Crippen LogP contribution >= 0.6 is 0 Å². The number of carbonyl (C=O) groups is 1. The van der Waals surface area contributed by atoms with Crippen molar-refractivity contribution in [2.45, 2.75) is 32.8 Å². The molecule has 0 radical (unpaired) electrons. The van der Waals surface area contributed by atoms with E-state index < -0.39 is 5.60 Å². The summed E-state index contributed by atoms with van der Waals surface area (Å²) in [6.45, 7) is 7.27. The molecule has 0 saturated carbocycles. The van der Waals surface area contributed by atoms with E-state index in [4.69, 9.17) is 9.84 Å². The molecule has 1 fully saturated rings. The summed E-state index contributed by atoms with van der Waals surface area (Å²) < 4.78 is 5.36. The fourth-order valence-electron chi connectivity index (χ4n) is 2.60. The van der Waals surface area contributed by atoms with E-state index in [9.17, 15) is 4.79 Å². The predicted molar refractivity (Wildman–Crippen MR) is 64.6 cm³/mol. The Hall–Kier alpha value is -1.03. The van der Waals surface area contributed by atoms with Gasteiger partial charge in [-0.25, -0.2) is 4.79 Å². The molecule has 4 heteroatoms. The van der Waals surface area contributed by atoms with Crippen molar-refractivity contribution in [2.75, 3.05) is 19.7 Å². The summed E-state index contributed by atoms with van der Waals surface area (Å²) in [4.78, 5) is 13.7. The molecule has 1 saturated heterocycles. The average Bonchev–Trinajstić information content (AvgIpc) is 2.70. The van der Waals surface area contributed by atoms with Crippen molar-refractivity contribution in [1.82, 2.24) is 4.90 Å². The molecule has 1 amide bonds. The maximum Gasteiger partial charge on any atom is 0.410 e. The van der Waals surface area contributed by atoms with Crippen LogP contribution in [-0.4, -0.2) is 41.4 Å². The van der Waals surface area contributed by atoms with Crippen LogP contribution in [0, 0.1) is 11.8 Å². The average molecular weight is 239 g/mol. The van der Waals surface area contributed by atoms with Crippen molar-refractivity contribution in [3.63, 3.8) is 0 Å². The SMILES string of the molecule is CC(C)(C)OC(=O)N1CC2C=C(CO)CC2C1. The first-order chi connectivity index (χ1) is 7.89. The molecule has 1 N–H and O–H groups in total. The highest BCUT2D eigenvalue weighted by Gasteiger charge is 2.39. The van der Waals surface area contributed by atoms with Crippen molar-refractivity contribution in [1.29, 1.82) is 0 Å². The minimum atomic E-state index is -0.430. The molecule has 1 aliphatic carbocycles. The third kappa shape index (κ3) is 2.80. The largest absolute Gasteiger partial charge is 0.444 e. The maximum atomic E-state index is 11.9. The lowest BCUT2D eigenvalue weighted by molar-refractivity contribution is 0.0285. The number of ether oxygens (including phenoxy) is 1. The van der Waals surface area contributed by atoms with Crippen LogP contribution in [0.2, 0.25) is 0 Å². The monoisotopic (exact) mass is 239 g/mol. The van der Waals surface area contributed by atoms with Crippen LogP contribution in [0.4, 0.5) is 4.79 Å². The second-order valence-corrected chi connectivity index (χ2v) is 6.00. The first kappa shape index (κ1) is 12.4. The van der Waals surface area contributed by atoms with Gasteiger partial charge in [-0.3, -0.25) is 0 Å². The molecule has 0 aromatic rings. The highest BCUT2D eigenvalue weighted by atomic mass is 16.6. The van der Waals surface area contributed by atoms with Gasteiger partial charge in [-0.2, -0.15) is 0 Å². The molecule has 0 bridgehead atoms. The lowest BCUT2D eigenvalue weighted by Crippen LogP contribution is -2.35. The number of hydrogen-bond acceptors (Lipinski definition) is 3. The van der Waals surface area contributed by atoms with Gasteiger partial charge in [0.1, 0.15) is 5.60 Å². The number of rotatable bonds is 1. The molecule has 17 heavy (non-hydrogen) atoms. The highest BCUT2D eigenvalue weighted by Crippen LogP contribution is 2.36. The van der Waals surface area contributed by atoms with Crippen LogP contribution in [0.5, 0.6) is 0 Å². The first-order valence-corrected chi connectivity index (χ1v) is 6.17. The van der Waals surface area contributed by atoms with Crippen molar-refractivity contribution in [3.8, 4) is 0 Å². The Morgan fingerprint density at radius 3 is 2.76 bits per heavy atom. The molecule has 4 nitrogen and oxygen atoms in total. The van der Waals surface area contributed by atoms with Crippen molar-refractivity contribution in [3.05, 3.63) is 11.6 Å². The Balaban J connectivity index is 1.92. The van der Waals surface area contributed by atoms with Gasteiger partial charge in [0.25, 0.3) is 0 Å². The van der Waals surface area contributed by atoms with Crippen molar-refractivity contribution >= 4 is 6.09 Å². The molecule has 96 valence electrons. The Morgan fingerprint density at radius 1 is 1.53 bits per heavy atom. The minimum absolute atomic E-state index is 0.152. The third-order valence-electron chi connectivity index (χ3n) is 3.32. The molecule has 0 aromatic carbocycles. The lowest BCUT2D eigenvalue weighted by atomic mass is 10.00. The Kier molecular flexibility index (Phi) is 3.17. The van der Waals surface area contributed by atoms with Crippen molar-refractivity contribution < 1.29 is 14.6 Å². The summed E-state index contributed by atoms with van der Waals surface area (Å²) in [7, 11) is 0. The molecule has 2 atom stereocenters. The van der Waals surface area contributed by atoms with Crippen LogP contribution in [0.1, 0.15) is 27.2 Å². The van der Waals surface area contributed by atoms with E-state index >= 15 is 0 Å². The van der Waals surface area contributed by atoms with Gasteiger partial charge in [-0.05, 0) is 44.6 Å². The first-order valence-electron chi connectivity index (χ1n) is 6.17. The smallest absolute Gasteiger partial charge is 0.410 e. The predicted octanol–water partition coefficient (Wildman–Crippen LogP) is 1.79. The van der Waals surface area contributed by atoms with E-state index in [1.54, 1.807) is 4.90 Å². The standard InChI is InChI=1S/C13H21NO3/c1-13(2,3)17-12(16)14-6-10-4-9(8-15)5-11(10)7-14/h4,10-11,15H,5-8H2,1-3H3. The van der Waals surface area contributed by atoms with Crippen LogP contribution in [0.3, 0.4) is 0 Å². The van der Waals surface area contributed by atoms with Gasteiger partial charge in [0.15, 0.2) is 0 Å². The van der Waals surface area contributed by atoms with Gasteiger partial charge in [0.2, 0.25) is 0 Å². The van der Waals surface area contributed by atoms with Gasteiger partial charge >= 0.3 is 6.09 Å². The maximum absolute atomic E-state index is 11.9. The fourth-order valence-corrected chi connectivity index (χ4v) is 2.60. The molecule has 2 rings (SSSR count). The van der Waals surface area contributed by atoms with Gasteiger partial charge < -0.3 is 14.7 Å². The van der Waals surface area contributed by atoms with Gasteiger partial charge in [0.05, 0.1) is 6.61 Å². The Labute approximate surface area is 102 Å². The summed E-state index contributed by atoms with van der Waals surface area (Å²) >= 11 is 0. The normalized spacial score (nSPS) is 28.0. The number of hydrogen-bond donors (Lipinski definition) is 1. The number of nitrogens with zero attached hydrogens (tertiary/aromatic N) is 1. The van der Waals surface area contributed by atoms with Gasteiger partial charge in [0, 0.05) is 13.1 Å². The van der Waals surface area contributed by atoms with E-state index in [1.807, 2.05) is 20.8 Å². The zero-order valence-electron chi connectivity index (χ0n) is 10.8. The third-order valence-corrected chi connectivity index (χ3v) is 3.32. The molecule has 2 aliphatic rings. The summed E-state index contributed by atoms with van der Waals surface area (Å²) in [6.07, 6.45) is 2.82. The van der Waals surface area contributed by atoms with Crippen LogP contribution < -0.4 is 0 Å². The summed E-state index contributed by atoms with van der Waals surface area (Å²) in [5.41, 5.74) is 0.685. The molecule has 1 aliphatic heterocycles. The molecule has 0 aromatic heterocycles. The molecular formula is C13H21NO3. The van der Waals surface area contributed by atoms with Crippen LogP contribution in [0.15, 0.2) is 11.6 Å². The molecule has 1 heterocycles. The summed E-state index contributed by atoms with van der Waals surface area (Å²) in [6, 6.07) is 0. The number of aliphatic hydroxyl groups is 1. The number of carbonyl (C=O) groups excluding carboxylic acids is 1. The number of fused-ring (bicyclic) bond motifs is 1. The summed E-state index contributed by atoms with van der Waals surface area (Å²) in [5, 5.41) is 9.08. The van der Waals surface area contributed by atoms with E-state index in [0.717, 1.165) is 25.1 Å². The van der Waals surface area contributed by atoms with Gasteiger partial charge in [-0.15, -0.1) is 0 Å². The Bertz CT molecular complexity index is 343. The van der Waals surface area contributed by atoms with Crippen LogP contribution in [0.25, 0.3) is 0 Å². The lowest BCUT2D eigenvalue weighted by Gasteiger charge is -2.24.